The van der Waals surface area contributed by atoms with Crippen molar-refractivity contribution in [3.05, 3.63) is 53.3 Å². The van der Waals surface area contributed by atoms with E-state index in [1.165, 1.54) is 11.1 Å². The number of morpholine rings is 1. The normalized spacial score (nSPS) is 15.4. The molecule has 1 aromatic heterocycles. The smallest absolute Gasteiger partial charge is 0.225 e. The van der Waals surface area contributed by atoms with Gasteiger partial charge < -0.3 is 15.0 Å². The van der Waals surface area contributed by atoms with Gasteiger partial charge in [-0.05, 0) is 38.3 Å². The zero-order valence-corrected chi connectivity index (χ0v) is 15.5. The number of hydrogen-bond acceptors (Lipinski definition) is 5. The molecule has 0 spiro atoms. The summed E-state index contributed by atoms with van der Waals surface area (Å²) < 4.78 is 5.37. The van der Waals surface area contributed by atoms with Gasteiger partial charge in [-0.1, -0.05) is 24.3 Å². The van der Waals surface area contributed by atoms with Crippen molar-refractivity contribution in [3.63, 3.8) is 0 Å². The average molecular weight is 340 g/mol. The Morgan fingerprint density at radius 2 is 1.80 bits per heavy atom. The topological polar surface area (TPSA) is 50.3 Å². The Hall–Kier alpha value is -1.98. The summed E-state index contributed by atoms with van der Waals surface area (Å²) >= 11 is 0. The zero-order chi connectivity index (χ0) is 17.7. The fraction of sp³-hybridized carbons (Fsp3) is 0.500. The van der Waals surface area contributed by atoms with Crippen molar-refractivity contribution in [3.8, 4) is 0 Å². The van der Waals surface area contributed by atoms with Crippen LogP contribution in [0.3, 0.4) is 0 Å². The van der Waals surface area contributed by atoms with E-state index in [1.807, 2.05) is 12.4 Å². The minimum atomic E-state index is 0.00892. The van der Waals surface area contributed by atoms with Gasteiger partial charge in [0.2, 0.25) is 5.95 Å². The van der Waals surface area contributed by atoms with E-state index in [9.17, 15) is 0 Å². The van der Waals surface area contributed by atoms with Crippen LogP contribution in [0.4, 0.5) is 5.95 Å². The molecule has 0 aliphatic carbocycles. The van der Waals surface area contributed by atoms with Crippen LogP contribution >= 0.6 is 0 Å². The van der Waals surface area contributed by atoms with Crippen LogP contribution in [0.15, 0.2) is 36.7 Å². The predicted octanol–water partition coefficient (Wildman–Crippen LogP) is 2.73. The van der Waals surface area contributed by atoms with Crippen molar-refractivity contribution in [1.82, 2.24) is 15.3 Å². The van der Waals surface area contributed by atoms with Crippen LogP contribution in [0.5, 0.6) is 0 Å². The van der Waals surface area contributed by atoms with Crippen LogP contribution in [0, 0.1) is 6.92 Å². The number of benzene rings is 1. The van der Waals surface area contributed by atoms with Crippen molar-refractivity contribution < 1.29 is 4.74 Å². The lowest BCUT2D eigenvalue weighted by molar-refractivity contribution is 0.122. The molecule has 25 heavy (non-hydrogen) atoms. The fourth-order valence-corrected chi connectivity index (χ4v) is 3.05. The van der Waals surface area contributed by atoms with Crippen LogP contribution in [0.2, 0.25) is 0 Å². The highest BCUT2D eigenvalue weighted by Crippen LogP contribution is 2.17. The molecule has 1 N–H and O–H groups in total. The van der Waals surface area contributed by atoms with Gasteiger partial charge in [-0.2, -0.15) is 0 Å². The van der Waals surface area contributed by atoms with Crippen molar-refractivity contribution in [2.24, 2.45) is 0 Å². The van der Waals surface area contributed by atoms with Crippen molar-refractivity contribution >= 4 is 5.95 Å². The van der Waals surface area contributed by atoms with Gasteiger partial charge in [0, 0.05) is 43.1 Å². The van der Waals surface area contributed by atoms with Crippen LogP contribution in [0.25, 0.3) is 0 Å². The fourth-order valence-electron chi connectivity index (χ4n) is 3.05. The molecule has 5 heteroatoms. The molecule has 3 rings (SSSR count). The lowest BCUT2D eigenvalue weighted by Crippen LogP contribution is -2.41. The molecule has 1 aliphatic heterocycles. The molecule has 134 valence electrons. The maximum Gasteiger partial charge on any atom is 0.225 e. The largest absolute Gasteiger partial charge is 0.378 e. The van der Waals surface area contributed by atoms with Gasteiger partial charge in [-0.3, -0.25) is 0 Å². The summed E-state index contributed by atoms with van der Waals surface area (Å²) in [5.41, 5.74) is 3.85. The van der Waals surface area contributed by atoms with E-state index in [2.05, 4.69) is 65.2 Å². The number of hydrogen-bond donors (Lipinski definition) is 1. The number of nitrogens with zero attached hydrogens (tertiary/aromatic N) is 3. The third-order valence-corrected chi connectivity index (χ3v) is 4.65. The Balaban J connectivity index is 1.56. The van der Waals surface area contributed by atoms with Crippen LogP contribution in [-0.2, 0) is 17.7 Å². The van der Waals surface area contributed by atoms with Gasteiger partial charge in [0.15, 0.2) is 0 Å². The van der Waals surface area contributed by atoms with E-state index in [1.54, 1.807) is 0 Å². The van der Waals surface area contributed by atoms with E-state index in [-0.39, 0.29) is 5.54 Å². The highest BCUT2D eigenvalue weighted by Gasteiger charge is 2.19. The minimum absolute atomic E-state index is 0.00892. The lowest BCUT2D eigenvalue weighted by atomic mass is 9.92. The molecule has 1 saturated heterocycles. The first-order valence-electron chi connectivity index (χ1n) is 8.97. The van der Waals surface area contributed by atoms with E-state index < -0.39 is 0 Å². The Morgan fingerprint density at radius 1 is 1.12 bits per heavy atom. The Bertz CT molecular complexity index is 678. The maximum atomic E-state index is 5.37. The molecule has 1 aromatic carbocycles. The Labute approximate surface area is 150 Å². The second kappa shape index (κ2) is 7.93. The van der Waals surface area contributed by atoms with Crippen molar-refractivity contribution in [2.75, 3.05) is 31.2 Å². The highest BCUT2D eigenvalue weighted by molar-refractivity contribution is 5.30. The second-order valence-corrected chi connectivity index (χ2v) is 7.33. The minimum Gasteiger partial charge on any atom is -0.378 e. The molecule has 0 atom stereocenters. The molecule has 0 radical (unpaired) electrons. The maximum absolute atomic E-state index is 5.37. The SMILES string of the molecule is Cc1ccccc1CC(C)(C)NCc1cnc(N2CCOCC2)nc1. The molecule has 0 amide bonds. The number of anilines is 1. The van der Waals surface area contributed by atoms with E-state index >= 15 is 0 Å². The third kappa shape index (κ3) is 5.00. The molecule has 2 heterocycles. The third-order valence-electron chi connectivity index (χ3n) is 4.65. The summed E-state index contributed by atoms with van der Waals surface area (Å²) in [7, 11) is 0. The van der Waals surface area contributed by atoms with E-state index in [4.69, 9.17) is 4.74 Å². The number of aromatic nitrogens is 2. The predicted molar refractivity (Wildman–Crippen MR) is 101 cm³/mol. The van der Waals surface area contributed by atoms with Gasteiger partial charge in [0.25, 0.3) is 0 Å². The van der Waals surface area contributed by atoms with Gasteiger partial charge in [0.05, 0.1) is 13.2 Å². The van der Waals surface area contributed by atoms with Gasteiger partial charge in [-0.15, -0.1) is 0 Å². The monoisotopic (exact) mass is 340 g/mol. The van der Waals surface area contributed by atoms with Crippen molar-refractivity contribution in [1.29, 1.82) is 0 Å². The van der Waals surface area contributed by atoms with E-state index in [0.717, 1.165) is 50.8 Å². The first-order chi connectivity index (χ1) is 12.0. The molecule has 0 saturated carbocycles. The number of nitrogens with one attached hydrogen (secondary N) is 1. The molecular weight excluding hydrogens is 312 g/mol. The van der Waals surface area contributed by atoms with Gasteiger partial charge in [-0.25, -0.2) is 9.97 Å². The quantitative estimate of drug-likeness (QED) is 0.876. The molecule has 1 aliphatic rings. The molecule has 2 aromatic rings. The molecule has 0 unspecified atom stereocenters. The molecular formula is C20H28N4O. The van der Waals surface area contributed by atoms with E-state index in [0.29, 0.717) is 0 Å². The number of ether oxygens (including phenoxy) is 1. The average Bonchev–Trinajstić information content (AvgIpc) is 2.63. The number of rotatable bonds is 6. The Kier molecular flexibility index (Phi) is 5.66. The summed E-state index contributed by atoms with van der Waals surface area (Å²) in [5.74, 6) is 0.797. The van der Waals surface area contributed by atoms with Gasteiger partial charge in [0.1, 0.15) is 0 Å². The molecule has 1 fully saturated rings. The lowest BCUT2D eigenvalue weighted by Gasteiger charge is -2.28. The molecule has 5 nitrogen and oxygen atoms in total. The summed E-state index contributed by atoms with van der Waals surface area (Å²) in [6.45, 7) is 10.6. The first-order valence-corrected chi connectivity index (χ1v) is 8.97. The van der Waals surface area contributed by atoms with Crippen LogP contribution in [0.1, 0.15) is 30.5 Å². The first kappa shape index (κ1) is 17.8. The standard InChI is InChI=1S/C20H28N4O/c1-16-6-4-5-7-18(16)12-20(2,3)23-15-17-13-21-19(22-14-17)24-8-10-25-11-9-24/h4-7,13-14,23H,8-12,15H2,1-3H3. The Morgan fingerprint density at radius 3 is 2.48 bits per heavy atom. The number of aryl methyl sites for hydroxylation is 1. The van der Waals surface area contributed by atoms with Crippen LogP contribution in [-0.4, -0.2) is 41.8 Å². The molecule has 0 bridgehead atoms. The zero-order valence-electron chi connectivity index (χ0n) is 15.5. The van der Waals surface area contributed by atoms with Crippen LogP contribution < -0.4 is 10.2 Å². The van der Waals surface area contributed by atoms with Gasteiger partial charge >= 0.3 is 0 Å². The summed E-state index contributed by atoms with van der Waals surface area (Å²) in [5, 5.41) is 3.64. The second-order valence-electron chi connectivity index (χ2n) is 7.33. The summed E-state index contributed by atoms with van der Waals surface area (Å²) in [4.78, 5) is 11.2. The summed E-state index contributed by atoms with van der Waals surface area (Å²) in [6, 6.07) is 8.58. The highest BCUT2D eigenvalue weighted by atomic mass is 16.5. The summed E-state index contributed by atoms with van der Waals surface area (Å²) in [6.07, 6.45) is 4.84. The van der Waals surface area contributed by atoms with Crippen molar-refractivity contribution in [2.45, 2.75) is 39.3 Å².